The van der Waals surface area contributed by atoms with Gasteiger partial charge in [0.25, 0.3) is 11.8 Å². The van der Waals surface area contributed by atoms with Crippen LogP contribution in [0.2, 0.25) is 0 Å². The van der Waals surface area contributed by atoms with Gasteiger partial charge in [0.2, 0.25) is 0 Å². The number of hydrogen-bond acceptors (Lipinski definition) is 6. The van der Waals surface area contributed by atoms with E-state index in [0.29, 0.717) is 30.0 Å². The van der Waals surface area contributed by atoms with Crippen LogP contribution in [0.3, 0.4) is 0 Å². The summed E-state index contributed by atoms with van der Waals surface area (Å²) in [6, 6.07) is 9.64. The van der Waals surface area contributed by atoms with Gasteiger partial charge in [0.1, 0.15) is 10.8 Å². The highest BCUT2D eigenvalue weighted by molar-refractivity contribution is 7.98. The van der Waals surface area contributed by atoms with Crippen LogP contribution < -0.4 is 0 Å². The maximum Gasteiger partial charge on any atom is 0.258 e. The fraction of sp³-hybridized carbons (Fsp3) is 0.300. The van der Waals surface area contributed by atoms with E-state index in [-0.39, 0.29) is 23.5 Å². The Balaban J connectivity index is 1.52. The number of thioether (sulfide) groups is 1. The number of amides is 1. The number of carbonyl (C=O) groups excluding carboxylic acids is 1. The average molecular weight is 398 g/mol. The number of rotatable bonds is 4. The summed E-state index contributed by atoms with van der Waals surface area (Å²) in [5.41, 5.74) is 1.16. The summed E-state index contributed by atoms with van der Waals surface area (Å²) >= 11 is 1.46. The molecule has 1 aliphatic heterocycles. The molecule has 4 rings (SSSR count). The van der Waals surface area contributed by atoms with Crippen molar-refractivity contribution in [3.8, 4) is 11.5 Å². The lowest BCUT2D eigenvalue weighted by atomic mass is 9.97. The first kappa shape index (κ1) is 18.6. The zero-order valence-electron chi connectivity index (χ0n) is 15.3. The number of piperidine rings is 1. The Morgan fingerprint density at radius 1 is 1.32 bits per heavy atom. The molecule has 1 atom stereocenters. The second-order valence-electron chi connectivity index (χ2n) is 6.62. The molecule has 144 valence electrons. The first-order valence-electron chi connectivity index (χ1n) is 9.03. The zero-order chi connectivity index (χ0) is 19.5. The number of halogens is 1. The molecule has 0 radical (unpaired) electrons. The highest BCUT2D eigenvalue weighted by Crippen LogP contribution is 2.29. The monoisotopic (exact) mass is 398 g/mol. The Kier molecular flexibility index (Phi) is 5.38. The van der Waals surface area contributed by atoms with Gasteiger partial charge >= 0.3 is 0 Å². The van der Waals surface area contributed by atoms with Crippen LogP contribution >= 0.6 is 11.8 Å². The smallest absolute Gasteiger partial charge is 0.258 e. The van der Waals surface area contributed by atoms with Crippen molar-refractivity contribution in [1.82, 2.24) is 20.0 Å². The predicted molar refractivity (Wildman–Crippen MR) is 104 cm³/mol. The van der Waals surface area contributed by atoms with E-state index in [4.69, 9.17) is 4.52 Å². The van der Waals surface area contributed by atoms with E-state index in [1.165, 1.54) is 23.9 Å². The Morgan fingerprint density at radius 2 is 2.21 bits per heavy atom. The quantitative estimate of drug-likeness (QED) is 0.619. The number of pyridine rings is 1. The van der Waals surface area contributed by atoms with Crippen LogP contribution in [0.15, 0.2) is 52.1 Å². The number of likely N-dealkylation sites (tertiary alicyclic amines) is 1. The van der Waals surface area contributed by atoms with Gasteiger partial charge in [-0.2, -0.15) is 4.98 Å². The molecule has 1 fully saturated rings. The third kappa shape index (κ3) is 3.77. The highest BCUT2D eigenvalue weighted by atomic mass is 32.2. The molecule has 1 saturated heterocycles. The standard InChI is InChI=1S/C20H19FN4O2S/c1-28-19-16(8-3-9-22-19)20(26)25-10-4-6-14(12-25)17-23-18(27-24-17)13-5-2-7-15(21)11-13/h2-3,5,7-9,11,14H,4,6,10,12H2,1H3/t14-/m0/s1. The summed E-state index contributed by atoms with van der Waals surface area (Å²) in [6.45, 7) is 1.20. The van der Waals surface area contributed by atoms with Crippen molar-refractivity contribution in [2.24, 2.45) is 0 Å². The third-order valence-corrected chi connectivity index (χ3v) is 5.49. The molecular weight excluding hydrogens is 379 g/mol. The van der Waals surface area contributed by atoms with Gasteiger partial charge in [-0.3, -0.25) is 4.79 Å². The number of carbonyl (C=O) groups is 1. The molecular formula is C20H19FN4O2S. The minimum absolute atomic E-state index is 0.0156. The van der Waals surface area contributed by atoms with E-state index in [1.54, 1.807) is 30.5 Å². The maximum absolute atomic E-state index is 13.4. The van der Waals surface area contributed by atoms with Crippen LogP contribution in [0.4, 0.5) is 4.39 Å². The molecule has 3 heterocycles. The van der Waals surface area contributed by atoms with Crippen molar-refractivity contribution in [2.45, 2.75) is 23.8 Å². The van der Waals surface area contributed by atoms with Gasteiger partial charge in [-0.25, -0.2) is 9.37 Å². The lowest BCUT2D eigenvalue weighted by Gasteiger charge is -2.31. The van der Waals surface area contributed by atoms with Gasteiger partial charge in [-0.15, -0.1) is 11.8 Å². The Hall–Kier alpha value is -2.74. The second kappa shape index (κ2) is 8.10. The molecule has 0 unspecified atom stereocenters. The topological polar surface area (TPSA) is 72.1 Å². The van der Waals surface area contributed by atoms with Crippen molar-refractivity contribution in [1.29, 1.82) is 0 Å². The minimum Gasteiger partial charge on any atom is -0.338 e. The molecule has 0 bridgehead atoms. The zero-order valence-corrected chi connectivity index (χ0v) is 16.2. The normalized spacial score (nSPS) is 16.9. The Labute approximate surface area is 166 Å². The Bertz CT molecular complexity index is 994. The van der Waals surface area contributed by atoms with E-state index in [2.05, 4.69) is 15.1 Å². The number of benzene rings is 1. The summed E-state index contributed by atoms with van der Waals surface area (Å²) in [5, 5.41) is 4.81. The van der Waals surface area contributed by atoms with E-state index >= 15 is 0 Å². The summed E-state index contributed by atoms with van der Waals surface area (Å²) < 4.78 is 18.8. The number of hydrogen-bond donors (Lipinski definition) is 0. The van der Waals surface area contributed by atoms with Gasteiger partial charge < -0.3 is 9.42 Å². The van der Waals surface area contributed by atoms with Crippen molar-refractivity contribution >= 4 is 17.7 Å². The van der Waals surface area contributed by atoms with E-state index in [0.717, 1.165) is 17.9 Å². The molecule has 6 nitrogen and oxygen atoms in total. The molecule has 0 spiro atoms. The van der Waals surface area contributed by atoms with Crippen LogP contribution in [-0.2, 0) is 0 Å². The second-order valence-corrected chi connectivity index (χ2v) is 7.41. The van der Waals surface area contributed by atoms with Gasteiger partial charge in [-0.1, -0.05) is 11.2 Å². The summed E-state index contributed by atoms with van der Waals surface area (Å²) in [5.74, 6) is 0.435. The van der Waals surface area contributed by atoms with Crippen LogP contribution in [-0.4, -0.2) is 45.3 Å². The molecule has 2 aromatic heterocycles. The molecule has 1 aliphatic rings. The first-order chi connectivity index (χ1) is 13.7. The van der Waals surface area contributed by atoms with Crippen LogP contribution in [0, 0.1) is 5.82 Å². The van der Waals surface area contributed by atoms with Crippen LogP contribution in [0.5, 0.6) is 0 Å². The molecule has 8 heteroatoms. The largest absolute Gasteiger partial charge is 0.338 e. The highest BCUT2D eigenvalue weighted by Gasteiger charge is 2.29. The van der Waals surface area contributed by atoms with Gasteiger partial charge in [0, 0.05) is 30.8 Å². The fourth-order valence-corrected chi connectivity index (χ4v) is 3.94. The summed E-state index contributed by atoms with van der Waals surface area (Å²) in [7, 11) is 0. The van der Waals surface area contributed by atoms with Gasteiger partial charge in [0.05, 0.1) is 5.56 Å². The first-order valence-corrected chi connectivity index (χ1v) is 10.3. The molecule has 0 saturated carbocycles. The lowest BCUT2D eigenvalue weighted by Crippen LogP contribution is -2.39. The molecule has 1 amide bonds. The fourth-order valence-electron chi connectivity index (χ4n) is 3.40. The van der Waals surface area contributed by atoms with Gasteiger partial charge in [0.15, 0.2) is 5.82 Å². The van der Waals surface area contributed by atoms with Crippen molar-refractivity contribution in [3.63, 3.8) is 0 Å². The maximum atomic E-state index is 13.4. The van der Waals surface area contributed by atoms with Crippen LogP contribution in [0.25, 0.3) is 11.5 Å². The van der Waals surface area contributed by atoms with Crippen molar-refractivity contribution in [2.75, 3.05) is 19.3 Å². The minimum atomic E-state index is -0.354. The molecule has 0 N–H and O–H groups in total. The van der Waals surface area contributed by atoms with Gasteiger partial charge in [-0.05, 0) is 49.4 Å². The molecule has 28 heavy (non-hydrogen) atoms. The molecule has 1 aromatic carbocycles. The molecule has 3 aromatic rings. The van der Waals surface area contributed by atoms with Crippen molar-refractivity contribution < 1.29 is 13.7 Å². The van der Waals surface area contributed by atoms with Crippen molar-refractivity contribution in [3.05, 3.63) is 59.8 Å². The molecule has 0 aliphatic carbocycles. The number of nitrogens with zero attached hydrogens (tertiary/aromatic N) is 4. The van der Waals surface area contributed by atoms with Crippen LogP contribution in [0.1, 0.15) is 34.9 Å². The Morgan fingerprint density at radius 3 is 3.04 bits per heavy atom. The van der Waals surface area contributed by atoms with E-state index < -0.39 is 0 Å². The average Bonchev–Trinajstić information content (AvgIpc) is 3.24. The predicted octanol–water partition coefficient (Wildman–Crippen LogP) is 4.01. The summed E-state index contributed by atoms with van der Waals surface area (Å²) in [4.78, 5) is 23.5. The van der Waals surface area contributed by atoms with E-state index in [1.807, 2.05) is 11.2 Å². The summed E-state index contributed by atoms with van der Waals surface area (Å²) in [6.07, 6.45) is 5.32. The third-order valence-electron chi connectivity index (χ3n) is 4.78. The SMILES string of the molecule is CSc1ncccc1C(=O)N1CCC[C@H](c2noc(-c3cccc(F)c3)n2)C1. The lowest BCUT2D eigenvalue weighted by molar-refractivity contribution is 0.0699. The van der Waals surface area contributed by atoms with E-state index in [9.17, 15) is 9.18 Å². The number of aromatic nitrogens is 3.